The third-order valence-electron chi connectivity index (χ3n) is 1.75. The third-order valence-corrected chi connectivity index (χ3v) is 1.75. The molecule has 1 aromatic carbocycles. The standard InChI is InChI=1S/C8H4FN3O/c9-5-2-1-4(3-10)6-7(5)12-8(13)11-6/h1-2H,(H2,11,12,13). The SMILES string of the molecule is N#Cc1ccc(F)c2[nH]c(=O)[nH]c12. The van der Waals surface area contributed by atoms with E-state index in [0.29, 0.717) is 0 Å². The average Bonchev–Trinajstić information content (AvgIpc) is 2.48. The van der Waals surface area contributed by atoms with Crippen molar-refractivity contribution < 1.29 is 4.39 Å². The van der Waals surface area contributed by atoms with E-state index >= 15 is 0 Å². The van der Waals surface area contributed by atoms with Crippen LogP contribution in [-0.2, 0) is 0 Å². The van der Waals surface area contributed by atoms with Crippen molar-refractivity contribution in [3.05, 3.63) is 34.0 Å². The van der Waals surface area contributed by atoms with Crippen LogP contribution in [-0.4, -0.2) is 9.97 Å². The lowest BCUT2D eigenvalue weighted by molar-refractivity contribution is 0.637. The van der Waals surface area contributed by atoms with Crippen molar-refractivity contribution in [2.24, 2.45) is 0 Å². The Labute approximate surface area is 71.6 Å². The molecule has 0 saturated heterocycles. The molecule has 5 heteroatoms. The molecular formula is C8H4FN3O. The molecule has 4 nitrogen and oxygen atoms in total. The van der Waals surface area contributed by atoms with Gasteiger partial charge in [-0.15, -0.1) is 0 Å². The molecule has 13 heavy (non-hydrogen) atoms. The van der Waals surface area contributed by atoms with E-state index in [1.807, 2.05) is 6.07 Å². The molecule has 2 aromatic rings. The van der Waals surface area contributed by atoms with Gasteiger partial charge in [-0.25, -0.2) is 9.18 Å². The maximum absolute atomic E-state index is 13.0. The van der Waals surface area contributed by atoms with Gasteiger partial charge in [0.15, 0.2) is 0 Å². The summed E-state index contributed by atoms with van der Waals surface area (Å²) < 4.78 is 13.0. The molecule has 1 aromatic heterocycles. The summed E-state index contributed by atoms with van der Waals surface area (Å²) in [7, 11) is 0. The van der Waals surface area contributed by atoms with E-state index in [9.17, 15) is 9.18 Å². The summed E-state index contributed by atoms with van der Waals surface area (Å²) in [6, 6.07) is 4.32. The number of nitriles is 1. The number of fused-ring (bicyclic) bond motifs is 1. The fourth-order valence-electron chi connectivity index (χ4n) is 1.18. The first-order valence-electron chi connectivity index (χ1n) is 3.53. The van der Waals surface area contributed by atoms with Gasteiger partial charge in [-0.3, -0.25) is 0 Å². The summed E-state index contributed by atoms with van der Waals surface area (Å²) in [5.74, 6) is -0.549. The predicted octanol–water partition coefficient (Wildman–Crippen LogP) is 0.867. The van der Waals surface area contributed by atoms with E-state index in [-0.39, 0.29) is 16.6 Å². The number of nitrogens with one attached hydrogen (secondary N) is 2. The van der Waals surface area contributed by atoms with Crippen LogP contribution in [0, 0.1) is 17.1 Å². The Bertz CT molecular complexity index is 561. The second kappa shape index (κ2) is 2.45. The maximum atomic E-state index is 13.0. The van der Waals surface area contributed by atoms with E-state index in [1.165, 1.54) is 6.07 Å². The molecule has 2 rings (SSSR count). The van der Waals surface area contributed by atoms with Crippen LogP contribution >= 0.6 is 0 Å². The number of H-pyrrole nitrogens is 2. The third kappa shape index (κ3) is 0.999. The van der Waals surface area contributed by atoms with E-state index in [4.69, 9.17) is 5.26 Å². The number of benzene rings is 1. The first-order valence-corrected chi connectivity index (χ1v) is 3.53. The zero-order valence-corrected chi connectivity index (χ0v) is 6.39. The lowest BCUT2D eigenvalue weighted by Gasteiger charge is -1.92. The number of halogens is 1. The highest BCUT2D eigenvalue weighted by Gasteiger charge is 2.07. The number of rotatable bonds is 0. The van der Waals surface area contributed by atoms with Crippen molar-refractivity contribution in [2.45, 2.75) is 0 Å². The largest absolute Gasteiger partial charge is 0.323 e. The minimum absolute atomic E-state index is 0.0454. The van der Waals surface area contributed by atoms with E-state index in [0.717, 1.165) is 6.07 Å². The average molecular weight is 177 g/mol. The van der Waals surface area contributed by atoms with Crippen LogP contribution in [0.3, 0.4) is 0 Å². The minimum atomic E-state index is -0.549. The number of hydrogen-bond acceptors (Lipinski definition) is 2. The molecule has 0 amide bonds. The van der Waals surface area contributed by atoms with E-state index < -0.39 is 11.5 Å². The zero-order chi connectivity index (χ0) is 9.42. The molecule has 2 N–H and O–H groups in total. The predicted molar refractivity (Wildman–Crippen MR) is 43.6 cm³/mol. The number of nitrogens with zero attached hydrogens (tertiary/aromatic N) is 1. The van der Waals surface area contributed by atoms with Gasteiger partial charge in [-0.05, 0) is 12.1 Å². The summed E-state index contributed by atoms with van der Waals surface area (Å²) >= 11 is 0. The molecule has 0 radical (unpaired) electrons. The van der Waals surface area contributed by atoms with Gasteiger partial charge in [0.1, 0.15) is 17.4 Å². The molecule has 0 bridgehead atoms. The molecule has 0 saturated carbocycles. The molecule has 0 aliphatic carbocycles. The van der Waals surface area contributed by atoms with Crippen molar-refractivity contribution in [1.82, 2.24) is 9.97 Å². The Morgan fingerprint density at radius 2 is 2.00 bits per heavy atom. The number of imidazole rings is 1. The van der Waals surface area contributed by atoms with Gasteiger partial charge in [0.05, 0.1) is 11.1 Å². The van der Waals surface area contributed by atoms with Crippen molar-refractivity contribution in [3.63, 3.8) is 0 Å². The Morgan fingerprint density at radius 3 is 2.69 bits per heavy atom. The normalized spacial score (nSPS) is 10.2. The van der Waals surface area contributed by atoms with Gasteiger partial charge in [-0.1, -0.05) is 0 Å². The van der Waals surface area contributed by atoms with Crippen molar-refractivity contribution in [2.75, 3.05) is 0 Å². The molecule has 0 aliphatic heterocycles. The summed E-state index contributed by atoms with van der Waals surface area (Å²) in [6.07, 6.45) is 0. The summed E-state index contributed by atoms with van der Waals surface area (Å²) in [5.41, 5.74) is -0.0112. The van der Waals surface area contributed by atoms with Gasteiger partial charge in [0.2, 0.25) is 0 Å². The lowest BCUT2D eigenvalue weighted by Crippen LogP contribution is -1.99. The monoisotopic (exact) mass is 177 g/mol. The van der Waals surface area contributed by atoms with Crippen LogP contribution in [0.5, 0.6) is 0 Å². The fourth-order valence-corrected chi connectivity index (χ4v) is 1.18. The molecule has 0 atom stereocenters. The fraction of sp³-hybridized carbons (Fsp3) is 0. The van der Waals surface area contributed by atoms with Gasteiger partial charge in [-0.2, -0.15) is 5.26 Å². The Hall–Kier alpha value is -2.09. The van der Waals surface area contributed by atoms with Gasteiger partial charge < -0.3 is 9.97 Å². The lowest BCUT2D eigenvalue weighted by atomic mass is 10.2. The molecule has 1 heterocycles. The quantitative estimate of drug-likeness (QED) is 0.626. The summed E-state index contributed by atoms with van der Waals surface area (Å²) in [6.45, 7) is 0. The van der Waals surface area contributed by atoms with Gasteiger partial charge in [0.25, 0.3) is 0 Å². The second-order valence-electron chi connectivity index (χ2n) is 2.54. The number of hydrogen-bond donors (Lipinski definition) is 2. The van der Waals surface area contributed by atoms with Crippen LogP contribution < -0.4 is 5.69 Å². The Kier molecular flexibility index (Phi) is 1.43. The summed E-state index contributed by atoms with van der Waals surface area (Å²) in [4.78, 5) is 15.4. The van der Waals surface area contributed by atoms with Crippen LogP contribution in [0.25, 0.3) is 11.0 Å². The minimum Gasteiger partial charge on any atom is -0.304 e. The molecule has 64 valence electrons. The first kappa shape index (κ1) is 7.55. The van der Waals surface area contributed by atoms with Crippen LogP contribution in [0.1, 0.15) is 5.56 Å². The second-order valence-corrected chi connectivity index (χ2v) is 2.54. The van der Waals surface area contributed by atoms with Gasteiger partial charge in [0, 0.05) is 0 Å². The van der Waals surface area contributed by atoms with Crippen LogP contribution in [0.4, 0.5) is 4.39 Å². The van der Waals surface area contributed by atoms with Gasteiger partial charge >= 0.3 is 5.69 Å². The molecular weight excluding hydrogens is 173 g/mol. The Balaban J connectivity index is 3.02. The topological polar surface area (TPSA) is 72.4 Å². The van der Waals surface area contributed by atoms with Crippen LogP contribution in [0.15, 0.2) is 16.9 Å². The van der Waals surface area contributed by atoms with Crippen molar-refractivity contribution >= 4 is 11.0 Å². The van der Waals surface area contributed by atoms with Crippen LogP contribution in [0.2, 0.25) is 0 Å². The smallest absolute Gasteiger partial charge is 0.304 e. The zero-order valence-electron chi connectivity index (χ0n) is 6.39. The number of aromatic nitrogens is 2. The maximum Gasteiger partial charge on any atom is 0.323 e. The highest BCUT2D eigenvalue weighted by Crippen LogP contribution is 2.15. The molecule has 0 fully saturated rings. The Morgan fingerprint density at radius 1 is 1.31 bits per heavy atom. The van der Waals surface area contributed by atoms with E-state index in [1.54, 1.807) is 0 Å². The highest BCUT2D eigenvalue weighted by atomic mass is 19.1. The molecule has 0 spiro atoms. The number of aromatic amines is 2. The molecule has 0 unspecified atom stereocenters. The van der Waals surface area contributed by atoms with Crippen molar-refractivity contribution in [3.8, 4) is 6.07 Å². The van der Waals surface area contributed by atoms with Crippen molar-refractivity contribution in [1.29, 1.82) is 5.26 Å². The summed E-state index contributed by atoms with van der Waals surface area (Å²) in [5, 5.41) is 8.63. The highest BCUT2D eigenvalue weighted by molar-refractivity contribution is 5.81. The van der Waals surface area contributed by atoms with E-state index in [2.05, 4.69) is 9.97 Å². The molecule has 0 aliphatic rings. The first-order chi connectivity index (χ1) is 6.22.